The van der Waals surface area contributed by atoms with Crippen molar-refractivity contribution < 1.29 is 19.1 Å². The van der Waals surface area contributed by atoms with Gasteiger partial charge >= 0.3 is 11.8 Å². The lowest BCUT2D eigenvalue weighted by Crippen LogP contribution is -2.32. The number of anilines is 1. The van der Waals surface area contributed by atoms with Gasteiger partial charge in [-0.05, 0) is 61.4 Å². The lowest BCUT2D eigenvalue weighted by atomic mass is 10.1. The Labute approximate surface area is 166 Å². The number of carbonyl (C=O) groups is 3. The molecule has 0 radical (unpaired) electrons. The summed E-state index contributed by atoms with van der Waals surface area (Å²) in [6, 6.07) is 11.6. The van der Waals surface area contributed by atoms with Crippen LogP contribution in [0.15, 0.2) is 47.6 Å². The highest BCUT2D eigenvalue weighted by Gasteiger charge is 2.14. The highest BCUT2D eigenvalue weighted by molar-refractivity contribution is 6.40. The zero-order valence-electron chi connectivity index (χ0n) is 15.3. The van der Waals surface area contributed by atoms with Gasteiger partial charge in [0.25, 0.3) is 5.91 Å². The number of hydrogen-bond donors (Lipinski definition) is 3. The van der Waals surface area contributed by atoms with E-state index < -0.39 is 17.7 Å². The Morgan fingerprint density at radius 1 is 1.11 bits per heavy atom. The van der Waals surface area contributed by atoms with Gasteiger partial charge in [0.05, 0.1) is 5.71 Å². The maximum absolute atomic E-state index is 11.9. The minimum atomic E-state index is -0.919. The van der Waals surface area contributed by atoms with Gasteiger partial charge in [0, 0.05) is 10.7 Å². The molecule has 0 spiro atoms. The summed E-state index contributed by atoms with van der Waals surface area (Å²) in [5.41, 5.74) is 9.63. The van der Waals surface area contributed by atoms with Gasteiger partial charge in [-0.3, -0.25) is 14.4 Å². The first-order valence-corrected chi connectivity index (χ1v) is 8.57. The molecule has 0 heterocycles. The normalized spacial score (nSPS) is 10.9. The van der Waals surface area contributed by atoms with E-state index in [0.29, 0.717) is 27.7 Å². The number of nitrogens with two attached hydrogens (primary N) is 1. The zero-order valence-corrected chi connectivity index (χ0v) is 16.0. The molecule has 146 valence electrons. The molecule has 0 fully saturated rings. The summed E-state index contributed by atoms with van der Waals surface area (Å²) in [4.78, 5) is 34.5. The maximum atomic E-state index is 11.9. The number of amides is 3. The summed E-state index contributed by atoms with van der Waals surface area (Å²) >= 11 is 5.99. The Morgan fingerprint density at radius 3 is 2.39 bits per heavy atom. The van der Waals surface area contributed by atoms with Crippen LogP contribution in [0.3, 0.4) is 0 Å². The quantitative estimate of drug-likeness (QED) is 0.388. The average Bonchev–Trinajstić information content (AvgIpc) is 2.67. The molecule has 2 aromatic carbocycles. The molecular formula is C19H19ClN4O4. The fourth-order valence-electron chi connectivity index (χ4n) is 2.06. The third-order valence-electron chi connectivity index (χ3n) is 3.61. The molecule has 0 unspecified atom stereocenters. The van der Waals surface area contributed by atoms with E-state index >= 15 is 0 Å². The Bertz CT molecular complexity index is 926. The summed E-state index contributed by atoms with van der Waals surface area (Å²) in [6.07, 6.45) is 0. The van der Waals surface area contributed by atoms with Crippen LogP contribution in [0.25, 0.3) is 0 Å². The predicted molar refractivity (Wildman–Crippen MR) is 106 cm³/mol. The third kappa shape index (κ3) is 6.10. The van der Waals surface area contributed by atoms with Crippen molar-refractivity contribution in [2.45, 2.75) is 13.8 Å². The van der Waals surface area contributed by atoms with Crippen molar-refractivity contribution in [3.05, 3.63) is 58.6 Å². The maximum Gasteiger partial charge on any atom is 0.329 e. The topological polar surface area (TPSA) is 123 Å². The molecule has 0 aliphatic rings. The predicted octanol–water partition coefficient (Wildman–Crippen LogP) is 1.99. The lowest BCUT2D eigenvalue weighted by molar-refractivity contribution is -0.136. The Kier molecular flexibility index (Phi) is 7.11. The number of ether oxygens (including phenoxy) is 1. The first-order chi connectivity index (χ1) is 13.3. The second kappa shape index (κ2) is 9.52. The Balaban J connectivity index is 1.93. The smallest absolute Gasteiger partial charge is 0.329 e. The van der Waals surface area contributed by atoms with Crippen LogP contribution in [0.1, 0.15) is 18.1 Å². The van der Waals surface area contributed by atoms with Gasteiger partial charge in [-0.15, -0.1) is 0 Å². The average molecular weight is 403 g/mol. The van der Waals surface area contributed by atoms with E-state index in [9.17, 15) is 14.4 Å². The Hall–Kier alpha value is -3.39. The summed E-state index contributed by atoms with van der Waals surface area (Å²) in [5, 5.41) is 6.83. The second-order valence-corrected chi connectivity index (χ2v) is 6.24. The number of carbonyl (C=O) groups excluding carboxylic acids is 3. The molecule has 0 atom stereocenters. The third-order valence-corrected chi connectivity index (χ3v) is 4.02. The van der Waals surface area contributed by atoms with E-state index in [1.54, 1.807) is 49.4 Å². The van der Waals surface area contributed by atoms with Gasteiger partial charge in [0.2, 0.25) is 0 Å². The van der Waals surface area contributed by atoms with Crippen molar-refractivity contribution in [2.75, 3.05) is 11.9 Å². The van der Waals surface area contributed by atoms with Gasteiger partial charge in [-0.1, -0.05) is 17.7 Å². The molecular weight excluding hydrogens is 384 g/mol. The van der Waals surface area contributed by atoms with Crippen molar-refractivity contribution >= 4 is 40.7 Å². The van der Waals surface area contributed by atoms with Crippen molar-refractivity contribution in [2.24, 2.45) is 10.8 Å². The van der Waals surface area contributed by atoms with Crippen LogP contribution >= 0.6 is 11.6 Å². The summed E-state index contributed by atoms with van der Waals surface area (Å²) in [7, 11) is 0. The number of hydrogen-bond acceptors (Lipinski definition) is 5. The van der Waals surface area contributed by atoms with Gasteiger partial charge in [0.15, 0.2) is 6.61 Å². The molecule has 9 heteroatoms. The fourth-order valence-corrected chi connectivity index (χ4v) is 2.24. The molecule has 0 aliphatic carbocycles. The molecule has 0 saturated carbocycles. The van der Waals surface area contributed by atoms with Crippen LogP contribution in [-0.2, 0) is 14.4 Å². The monoisotopic (exact) mass is 402 g/mol. The van der Waals surface area contributed by atoms with E-state index in [1.165, 1.54) is 0 Å². The van der Waals surface area contributed by atoms with Crippen LogP contribution in [0, 0.1) is 6.92 Å². The van der Waals surface area contributed by atoms with Gasteiger partial charge in [0.1, 0.15) is 5.75 Å². The van der Waals surface area contributed by atoms with Gasteiger partial charge < -0.3 is 15.8 Å². The van der Waals surface area contributed by atoms with Crippen LogP contribution in [0.5, 0.6) is 5.75 Å². The largest absolute Gasteiger partial charge is 0.484 e. The van der Waals surface area contributed by atoms with Crippen molar-refractivity contribution in [1.29, 1.82) is 0 Å². The molecule has 28 heavy (non-hydrogen) atoms. The minimum absolute atomic E-state index is 0.218. The number of rotatable bonds is 6. The minimum Gasteiger partial charge on any atom is -0.484 e. The summed E-state index contributed by atoms with van der Waals surface area (Å²) in [5.74, 6) is -1.89. The number of hydrazone groups is 1. The highest BCUT2D eigenvalue weighted by Crippen LogP contribution is 2.19. The molecule has 4 N–H and O–H groups in total. The van der Waals surface area contributed by atoms with E-state index in [2.05, 4.69) is 15.8 Å². The summed E-state index contributed by atoms with van der Waals surface area (Å²) < 4.78 is 5.16. The second-order valence-electron chi connectivity index (χ2n) is 5.84. The van der Waals surface area contributed by atoms with E-state index in [1.807, 2.05) is 6.92 Å². The number of aryl methyl sites for hydroxylation is 1. The summed E-state index contributed by atoms with van der Waals surface area (Å²) in [6.45, 7) is 3.27. The number of halogens is 1. The molecule has 0 aliphatic heterocycles. The van der Waals surface area contributed by atoms with E-state index in [0.717, 1.165) is 5.56 Å². The van der Waals surface area contributed by atoms with Crippen LogP contribution < -0.4 is 21.2 Å². The molecule has 3 amide bonds. The molecule has 0 aromatic heterocycles. The van der Waals surface area contributed by atoms with Gasteiger partial charge in [-0.2, -0.15) is 5.10 Å². The van der Waals surface area contributed by atoms with E-state index in [-0.39, 0.29) is 6.61 Å². The first-order valence-electron chi connectivity index (χ1n) is 8.19. The van der Waals surface area contributed by atoms with E-state index in [4.69, 9.17) is 22.1 Å². The molecule has 0 saturated heterocycles. The van der Waals surface area contributed by atoms with Gasteiger partial charge in [-0.25, -0.2) is 5.43 Å². The number of nitrogens with one attached hydrogen (secondary N) is 2. The van der Waals surface area contributed by atoms with Crippen molar-refractivity contribution in [1.82, 2.24) is 5.43 Å². The van der Waals surface area contributed by atoms with Crippen LogP contribution in [0.2, 0.25) is 5.02 Å². The van der Waals surface area contributed by atoms with Crippen LogP contribution in [-0.4, -0.2) is 30.0 Å². The fraction of sp³-hybridized carbons (Fsp3) is 0.158. The van der Waals surface area contributed by atoms with Crippen molar-refractivity contribution in [3.8, 4) is 5.75 Å². The SMILES string of the molecule is C/C(=N\NC(=O)C(=O)Nc1ccc(C)c(Cl)c1)c1ccc(OCC(N)=O)cc1. The van der Waals surface area contributed by atoms with Crippen LogP contribution in [0.4, 0.5) is 5.69 Å². The molecule has 8 nitrogen and oxygen atoms in total. The lowest BCUT2D eigenvalue weighted by Gasteiger charge is -2.07. The molecule has 2 rings (SSSR count). The number of primary amides is 1. The highest BCUT2D eigenvalue weighted by atomic mass is 35.5. The molecule has 2 aromatic rings. The number of benzene rings is 2. The standard InChI is InChI=1S/C19H19ClN4O4/c1-11-3-6-14(9-16(11)20)22-18(26)19(27)24-23-12(2)13-4-7-15(8-5-13)28-10-17(21)25/h3-9H,10H2,1-2H3,(H2,21,25)(H,22,26)(H,24,27)/b23-12+. The Morgan fingerprint density at radius 2 is 1.79 bits per heavy atom. The molecule has 0 bridgehead atoms. The number of nitrogens with zero attached hydrogens (tertiary/aromatic N) is 1. The van der Waals surface area contributed by atoms with Crippen molar-refractivity contribution in [3.63, 3.8) is 0 Å². The first kappa shape index (κ1) is 20.9. The zero-order chi connectivity index (χ0) is 20.7.